The van der Waals surface area contributed by atoms with Gasteiger partial charge in [0.15, 0.2) is 0 Å². The van der Waals surface area contributed by atoms with Crippen molar-refractivity contribution in [2.45, 2.75) is 24.9 Å². The molecule has 0 aliphatic heterocycles. The molecule has 2 aromatic carbocycles. The Balaban J connectivity index is 0.00000192. The number of benzene rings is 2. The van der Waals surface area contributed by atoms with Gasteiger partial charge in [-0.2, -0.15) is 0 Å². The number of carbonyl (C=O) groups is 1. The third-order valence-electron chi connectivity index (χ3n) is 3.90. The fourth-order valence-electron chi connectivity index (χ4n) is 2.98. The summed E-state index contributed by atoms with van der Waals surface area (Å²) in [5, 5.41) is 0. The summed E-state index contributed by atoms with van der Waals surface area (Å²) in [5.74, 6) is -0.299. The van der Waals surface area contributed by atoms with Gasteiger partial charge in [-0.25, -0.2) is 0 Å². The lowest BCUT2D eigenvalue weighted by molar-refractivity contribution is -0.145. The van der Waals surface area contributed by atoms with Crippen LogP contribution in [0.25, 0.3) is 11.1 Å². The highest BCUT2D eigenvalue weighted by molar-refractivity contribution is 5.85. The van der Waals surface area contributed by atoms with Crippen LogP contribution in [0.1, 0.15) is 30.4 Å². The number of hydrogen-bond acceptors (Lipinski definition) is 4. The molecular formula is C18H21ClN2O2. The van der Waals surface area contributed by atoms with Gasteiger partial charge < -0.3 is 16.2 Å². The van der Waals surface area contributed by atoms with Gasteiger partial charge in [0.25, 0.3) is 0 Å². The SMILES string of the molecule is CC(N)(N)CC(=O)OCC1c2ccccc2-c2ccccc21.Cl. The molecule has 4 N–H and O–H groups in total. The van der Waals surface area contributed by atoms with Crippen LogP contribution >= 0.6 is 12.4 Å². The molecule has 0 atom stereocenters. The normalized spacial score (nSPS) is 13.0. The first-order chi connectivity index (χ1) is 10.5. The molecule has 0 saturated heterocycles. The quantitative estimate of drug-likeness (QED) is 0.666. The molecule has 23 heavy (non-hydrogen) atoms. The lowest BCUT2D eigenvalue weighted by Gasteiger charge is -2.19. The van der Waals surface area contributed by atoms with Crippen LogP contribution in [0.5, 0.6) is 0 Å². The predicted molar refractivity (Wildman–Crippen MR) is 93.3 cm³/mol. The van der Waals surface area contributed by atoms with Crippen molar-refractivity contribution < 1.29 is 9.53 Å². The molecule has 0 spiro atoms. The zero-order valence-electron chi connectivity index (χ0n) is 13.0. The molecule has 1 aliphatic rings. The highest BCUT2D eigenvalue weighted by Gasteiger charge is 2.29. The second-order valence-electron chi connectivity index (χ2n) is 6.09. The van der Waals surface area contributed by atoms with Gasteiger partial charge in [-0.1, -0.05) is 48.5 Å². The number of carbonyl (C=O) groups excluding carboxylic acids is 1. The summed E-state index contributed by atoms with van der Waals surface area (Å²) in [4.78, 5) is 11.9. The lowest BCUT2D eigenvalue weighted by atomic mass is 9.98. The van der Waals surface area contributed by atoms with Crippen molar-refractivity contribution in [1.29, 1.82) is 0 Å². The van der Waals surface area contributed by atoms with Crippen molar-refractivity contribution in [3.05, 3.63) is 59.7 Å². The monoisotopic (exact) mass is 332 g/mol. The summed E-state index contributed by atoms with van der Waals surface area (Å²) >= 11 is 0. The van der Waals surface area contributed by atoms with Crippen LogP contribution in [0.3, 0.4) is 0 Å². The first-order valence-electron chi connectivity index (χ1n) is 7.37. The van der Waals surface area contributed by atoms with Gasteiger partial charge >= 0.3 is 5.97 Å². The van der Waals surface area contributed by atoms with E-state index in [9.17, 15) is 4.79 Å². The molecule has 0 saturated carbocycles. The first kappa shape index (κ1) is 17.5. The summed E-state index contributed by atoms with van der Waals surface area (Å²) in [5.41, 5.74) is 15.1. The Hall–Kier alpha value is -1.88. The lowest BCUT2D eigenvalue weighted by Crippen LogP contribution is -2.48. The van der Waals surface area contributed by atoms with Crippen LogP contribution in [0.4, 0.5) is 0 Å². The maximum Gasteiger partial charge on any atom is 0.309 e. The maximum absolute atomic E-state index is 11.9. The minimum absolute atomic E-state index is 0. The Morgan fingerprint density at radius 2 is 1.52 bits per heavy atom. The third-order valence-corrected chi connectivity index (χ3v) is 3.90. The van der Waals surface area contributed by atoms with Gasteiger partial charge in [0.05, 0.1) is 12.1 Å². The zero-order valence-corrected chi connectivity index (χ0v) is 13.8. The van der Waals surface area contributed by atoms with E-state index in [1.165, 1.54) is 22.3 Å². The molecule has 5 heteroatoms. The van der Waals surface area contributed by atoms with Crippen LogP contribution in [-0.2, 0) is 9.53 Å². The molecule has 4 nitrogen and oxygen atoms in total. The van der Waals surface area contributed by atoms with E-state index in [2.05, 4.69) is 24.3 Å². The molecule has 0 fully saturated rings. The average molecular weight is 333 g/mol. The van der Waals surface area contributed by atoms with E-state index in [0.29, 0.717) is 6.61 Å². The zero-order chi connectivity index (χ0) is 15.7. The second-order valence-corrected chi connectivity index (χ2v) is 6.09. The standard InChI is InChI=1S/C18H20N2O2.ClH/c1-18(19,20)10-17(21)22-11-16-14-8-4-2-6-12(14)13-7-3-5-9-15(13)16;/h2-9,16H,10-11,19-20H2,1H3;1H. The number of hydrogen-bond donors (Lipinski definition) is 2. The van der Waals surface area contributed by atoms with E-state index in [-0.39, 0.29) is 30.7 Å². The van der Waals surface area contributed by atoms with Crippen LogP contribution in [-0.4, -0.2) is 18.2 Å². The number of halogens is 1. The summed E-state index contributed by atoms with van der Waals surface area (Å²) in [7, 11) is 0. The van der Waals surface area contributed by atoms with Crippen molar-refractivity contribution in [3.8, 4) is 11.1 Å². The van der Waals surface area contributed by atoms with Crippen molar-refractivity contribution in [2.24, 2.45) is 11.5 Å². The molecule has 3 rings (SSSR count). The Bertz CT molecular complexity index is 665. The largest absolute Gasteiger partial charge is 0.465 e. The van der Waals surface area contributed by atoms with Gasteiger partial charge in [-0.15, -0.1) is 12.4 Å². The minimum Gasteiger partial charge on any atom is -0.465 e. The van der Waals surface area contributed by atoms with E-state index >= 15 is 0 Å². The Morgan fingerprint density at radius 3 is 2.00 bits per heavy atom. The molecule has 122 valence electrons. The average Bonchev–Trinajstić information content (AvgIpc) is 2.78. The Kier molecular flexibility index (Phi) is 5.09. The molecule has 0 heterocycles. The molecule has 0 amide bonds. The van der Waals surface area contributed by atoms with Crippen LogP contribution in [0.15, 0.2) is 48.5 Å². The van der Waals surface area contributed by atoms with Crippen molar-refractivity contribution >= 4 is 18.4 Å². The number of rotatable bonds is 4. The number of fused-ring (bicyclic) bond motifs is 3. The number of esters is 1. The summed E-state index contributed by atoms with van der Waals surface area (Å²) in [6, 6.07) is 16.5. The number of ether oxygens (including phenoxy) is 1. The van der Waals surface area contributed by atoms with Crippen molar-refractivity contribution in [1.82, 2.24) is 0 Å². The van der Waals surface area contributed by atoms with E-state index in [4.69, 9.17) is 16.2 Å². The third kappa shape index (κ3) is 3.72. The van der Waals surface area contributed by atoms with Crippen LogP contribution < -0.4 is 11.5 Å². The van der Waals surface area contributed by atoms with Crippen LogP contribution in [0, 0.1) is 0 Å². The van der Waals surface area contributed by atoms with Gasteiger partial charge in [0, 0.05) is 5.92 Å². The Labute approximate surface area is 142 Å². The van der Waals surface area contributed by atoms with E-state index in [1.54, 1.807) is 6.92 Å². The molecular weight excluding hydrogens is 312 g/mol. The van der Waals surface area contributed by atoms with E-state index in [1.807, 2.05) is 24.3 Å². The van der Waals surface area contributed by atoms with Crippen molar-refractivity contribution in [2.75, 3.05) is 6.61 Å². The molecule has 1 aliphatic carbocycles. The summed E-state index contributed by atoms with van der Waals surface area (Å²) < 4.78 is 5.42. The smallest absolute Gasteiger partial charge is 0.309 e. The summed E-state index contributed by atoms with van der Waals surface area (Å²) in [6.45, 7) is 1.91. The van der Waals surface area contributed by atoms with E-state index < -0.39 is 5.66 Å². The molecule has 0 bridgehead atoms. The fourth-order valence-corrected chi connectivity index (χ4v) is 2.98. The summed E-state index contributed by atoms with van der Waals surface area (Å²) in [6.07, 6.45) is 0.00299. The molecule has 2 aromatic rings. The van der Waals surface area contributed by atoms with Crippen molar-refractivity contribution in [3.63, 3.8) is 0 Å². The molecule has 0 radical (unpaired) electrons. The van der Waals surface area contributed by atoms with Gasteiger partial charge in [-0.05, 0) is 29.2 Å². The molecule has 0 aromatic heterocycles. The second kappa shape index (κ2) is 6.71. The predicted octanol–water partition coefficient (Wildman–Crippen LogP) is 2.79. The maximum atomic E-state index is 11.9. The fraction of sp³-hybridized carbons (Fsp3) is 0.278. The minimum atomic E-state index is -1.04. The van der Waals surface area contributed by atoms with Gasteiger partial charge in [-0.3, -0.25) is 4.79 Å². The highest BCUT2D eigenvalue weighted by Crippen LogP contribution is 2.44. The first-order valence-corrected chi connectivity index (χ1v) is 7.37. The van der Waals surface area contributed by atoms with Crippen LogP contribution in [0.2, 0.25) is 0 Å². The van der Waals surface area contributed by atoms with Gasteiger partial charge in [0.1, 0.15) is 6.61 Å². The topological polar surface area (TPSA) is 78.3 Å². The Morgan fingerprint density at radius 1 is 1.04 bits per heavy atom. The highest BCUT2D eigenvalue weighted by atomic mass is 35.5. The molecule has 0 unspecified atom stereocenters. The van der Waals surface area contributed by atoms with E-state index in [0.717, 1.165) is 0 Å². The van der Waals surface area contributed by atoms with Gasteiger partial charge in [0.2, 0.25) is 0 Å². The number of nitrogens with two attached hydrogens (primary N) is 2.